The van der Waals surface area contributed by atoms with Gasteiger partial charge in [-0.2, -0.15) is 0 Å². The first-order valence-electron chi connectivity index (χ1n) is 6.33. The number of rotatable bonds is 6. The maximum absolute atomic E-state index is 12.0. The Morgan fingerprint density at radius 1 is 1.33 bits per heavy atom. The highest BCUT2D eigenvalue weighted by Gasteiger charge is 2.14. The molecule has 2 N–H and O–H groups in total. The minimum absolute atomic E-state index is 0.165. The quantitative estimate of drug-likeness (QED) is 0.881. The second-order valence-corrected chi connectivity index (χ2v) is 5.21. The summed E-state index contributed by atoms with van der Waals surface area (Å²) in [5.41, 5.74) is 5.88. The van der Waals surface area contributed by atoms with Crippen LogP contribution in [0.3, 0.4) is 0 Å². The Balaban J connectivity index is 1.80. The van der Waals surface area contributed by atoms with E-state index in [1.54, 1.807) is 24.4 Å². The molecule has 0 unspecified atom stereocenters. The zero-order valence-electron chi connectivity index (χ0n) is 11.9. The Labute approximate surface area is 127 Å². The lowest BCUT2D eigenvalue weighted by Crippen LogP contribution is -2.31. The summed E-state index contributed by atoms with van der Waals surface area (Å²) in [5, 5.41) is 2.04. The monoisotopic (exact) mass is 307 g/mol. The highest BCUT2D eigenvalue weighted by atomic mass is 32.1. The van der Waals surface area contributed by atoms with Crippen LogP contribution in [0.1, 0.15) is 10.5 Å². The summed E-state index contributed by atoms with van der Waals surface area (Å²) in [6.07, 6.45) is 0. The van der Waals surface area contributed by atoms with Crippen molar-refractivity contribution in [3.63, 3.8) is 0 Å². The summed E-state index contributed by atoms with van der Waals surface area (Å²) in [6, 6.07) is 7.29. The first-order valence-corrected chi connectivity index (χ1v) is 7.21. The molecule has 0 aliphatic rings. The Morgan fingerprint density at radius 3 is 2.57 bits per heavy atom. The van der Waals surface area contributed by atoms with Crippen molar-refractivity contribution < 1.29 is 14.3 Å². The molecule has 0 aliphatic carbocycles. The summed E-state index contributed by atoms with van der Waals surface area (Å²) in [5.74, 6) is 1.34. The molecule has 6 nitrogen and oxygen atoms in total. The summed E-state index contributed by atoms with van der Waals surface area (Å²) < 4.78 is 10.6. The van der Waals surface area contributed by atoms with E-state index in [1.807, 2.05) is 24.3 Å². The van der Waals surface area contributed by atoms with E-state index in [9.17, 15) is 4.79 Å². The number of carbonyl (C=O) groups excluding carboxylic acids is 1. The molecule has 0 radical (unpaired) electrons. The number of methoxy groups -OCH3 is 1. The van der Waals surface area contributed by atoms with E-state index in [-0.39, 0.29) is 5.91 Å². The number of thiazole rings is 1. The first-order chi connectivity index (χ1) is 10.1. The number of hydrogen-bond acceptors (Lipinski definition) is 6. The maximum atomic E-state index is 12.0. The van der Waals surface area contributed by atoms with E-state index >= 15 is 0 Å². The summed E-state index contributed by atoms with van der Waals surface area (Å²) >= 11 is 1.25. The van der Waals surface area contributed by atoms with Gasteiger partial charge < -0.3 is 20.1 Å². The minimum atomic E-state index is -0.165. The van der Waals surface area contributed by atoms with Crippen LogP contribution in [-0.4, -0.2) is 43.1 Å². The Kier molecular flexibility index (Phi) is 4.99. The molecule has 2 aromatic rings. The largest absolute Gasteiger partial charge is 0.497 e. The van der Waals surface area contributed by atoms with Crippen LogP contribution in [-0.2, 0) is 0 Å². The van der Waals surface area contributed by atoms with Gasteiger partial charge in [0.25, 0.3) is 5.91 Å². The molecule has 0 aliphatic heterocycles. The number of nitrogens with two attached hydrogens (primary N) is 1. The lowest BCUT2D eigenvalue weighted by molar-refractivity contribution is 0.0769. The number of ether oxygens (including phenoxy) is 2. The average molecular weight is 307 g/mol. The van der Waals surface area contributed by atoms with Gasteiger partial charge in [0.2, 0.25) is 0 Å². The van der Waals surface area contributed by atoms with E-state index < -0.39 is 0 Å². The average Bonchev–Trinajstić information content (AvgIpc) is 2.93. The summed E-state index contributed by atoms with van der Waals surface area (Å²) in [4.78, 5) is 17.5. The van der Waals surface area contributed by atoms with Crippen molar-refractivity contribution in [2.75, 3.05) is 33.0 Å². The van der Waals surface area contributed by atoms with E-state index in [1.165, 1.54) is 11.3 Å². The first kappa shape index (κ1) is 15.1. The molecule has 2 rings (SSSR count). The highest BCUT2D eigenvalue weighted by Crippen LogP contribution is 2.17. The van der Waals surface area contributed by atoms with Crippen LogP contribution in [0.15, 0.2) is 29.6 Å². The third-order valence-electron chi connectivity index (χ3n) is 2.84. The van der Waals surface area contributed by atoms with Gasteiger partial charge in [-0.3, -0.25) is 4.79 Å². The van der Waals surface area contributed by atoms with E-state index in [4.69, 9.17) is 15.2 Å². The fourth-order valence-corrected chi connectivity index (χ4v) is 2.19. The standard InChI is InChI=1S/C14H17N3O3S/c1-17(13(18)12-9-21-14(15)16-12)7-8-20-11-5-3-10(19-2)4-6-11/h3-6,9H,7-8H2,1-2H3,(H2,15,16). The normalized spacial score (nSPS) is 10.2. The molecule has 7 heteroatoms. The Hall–Kier alpha value is -2.28. The highest BCUT2D eigenvalue weighted by molar-refractivity contribution is 7.13. The van der Waals surface area contributed by atoms with Crippen LogP contribution in [0, 0.1) is 0 Å². The van der Waals surface area contributed by atoms with Crippen LogP contribution in [0.5, 0.6) is 11.5 Å². The molecule has 1 aromatic heterocycles. The van der Waals surface area contributed by atoms with Gasteiger partial charge in [-0.15, -0.1) is 11.3 Å². The number of hydrogen-bond donors (Lipinski definition) is 1. The van der Waals surface area contributed by atoms with Crippen molar-refractivity contribution in [1.29, 1.82) is 0 Å². The predicted molar refractivity (Wildman–Crippen MR) is 82.0 cm³/mol. The van der Waals surface area contributed by atoms with Crippen LogP contribution >= 0.6 is 11.3 Å². The van der Waals surface area contributed by atoms with E-state index in [0.717, 1.165) is 11.5 Å². The van der Waals surface area contributed by atoms with Crippen molar-refractivity contribution in [3.05, 3.63) is 35.3 Å². The van der Waals surface area contributed by atoms with Gasteiger partial charge >= 0.3 is 0 Å². The summed E-state index contributed by atoms with van der Waals surface area (Å²) in [6.45, 7) is 0.858. The Morgan fingerprint density at radius 2 is 2.00 bits per heavy atom. The number of amides is 1. The van der Waals surface area contributed by atoms with Crippen molar-refractivity contribution in [1.82, 2.24) is 9.88 Å². The van der Waals surface area contributed by atoms with E-state index in [0.29, 0.717) is 24.0 Å². The third kappa shape index (κ3) is 4.09. The SMILES string of the molecule is COc1ccc(OCCN(C)C(=O)c2csc(N)n2)cc1. The van der Waals surface area contributed by atoms with Gasteiger partial charge in [0.15, 0.2) is 5.13 Å². The molecule has 112 valence electrons. The fourth-order valence-electron chi connectivity index (χ4n) is 1.66. The number of nitrogens with zero attached hydrogens (tertiary/aromatic N) is 2. The smallest absolute Gasteiger partial charge is 0.273 e. The molecular formula is C14H17N3O3S. The van der Waals surface area contributed by atoms with Gasteiger partial charge in [-0.05, 0) is 24.3 Å². The maximum Gasteiger partial charge on any atom is 0.273 e. The molecule has 1 amide bonds. The lowest BCUT2D eigenvalue weighted by atomic mass is 10.3. The topological polar surface area (TPSA) is 77.7 Å². The second-order valence-electron chi connectivity index (χ2n) is 4.32. The lowest BCUT2D eigenvalue weighted by Gasteiger charge is -2.16. The predicted octanol–water partition coefficient (Wildman–Crippen LogP) is 1.88. The number of carbonyl (C=O) groups is 1. The van der Waals surface area contributed by atoms with Gasteiger partial charge in [-0.1, -0.05) is 0 Å². The van der Waals surface area contributed by atoms with Gasteiger partial charge in [0, 0.05) is 12.4 Å². The molecule has 0 atom stereocenters. The molecule has 0 saturated heterocycles. The fraction of sp³-hybridized carbons (Fsp3) is 0.286. The van der Waals surface area contributed by atoms with Crippen LogP contribution in [0.25, 0.3) is 0 Å². The van der Waals surface area contributed by atoms with Crippen molar-refractivity contribution >= 4 is 22.4 Å². The van der Waals surface area contributed by atoms with Gasteiger partial charge in [0.1, 0.15) is 23.8 Å². The molecule has 0 spiro atoms. The molecule has 0 fully saturated rings. The zero-order valence-corrected chi connectivity index (χ0v) is 12.7. The number of likely N-dealkylation sites (N-methyl/N-ethyl adjacent to an activating group) is 1. The van der Waals surface area contributed by atoms with Gasteiger partial charge in [-0.25, -0.2) is 4.98 Å². The number of nitrogen functional groups attached to an aromatic ring is 1. The molecular weight excluding hydrogens is 290 g/mol. The number of aromatic nitrogens is 1. The zero-order chi connectivity index (χ0) is 15.2. The minimum Gasteiger partial charge on any atom is -0.497 e. The third-order valence-corrected chi connectivity index (χ3v) is 3.52. The molecule has 0 bridgehead atoms. The molecule has 21 heavy (non-hydrogen) atoms. The molecule has 0 saturated carbocycles. The molecule has 1 heterocycles. The number of benzene rings is 1. The second kappa shape index (κ2) is 6.94. The summed E-state index contributed by atoms with van der Waals surface area (Å²) in [7, 11) is 3.32. The van der Waals surface area contributed by atoms with Crippen LogP contribution in [0.2, 0.25) is 0 Å². The van der Waals surface area contributed by atoms with Crippen LogP contribution in [0.4, 0.5) is 5.13 Å². The van der Waals surface area contributed by atoms with Crippen molar-refractivity contribution in [3.8, 4) is 11.5 Å². The van der Waals surface area contributed by atoms with Crippen molar-refractivity contribution in [2.45, 2.75) is 0 Å². The van der Waals surface area contributed by atoms with Crippen LogP contribution < -0.4 is 15.2 Å². The molecule has 1 aromatic carbocycles. The van der Waals surface area contributed by atoms with Gasteiger partial charge in [0.05, 0.1) is 13.7 Å². The Bertz CT molecular complexity index is 598. The van der Waals surface area contributed by atoms with E-state index in [2.05, 4.69) is 4.98 Å². The number of anilines is 1. The van der Waals surface area contributed by atoms with Crippen molar-refractivity contribution in [2.24, 2.45) is 0 Å².